The predicted molar refractivity (Wildman–Crippen MR) is 78.0 cm³/mol. The van der Waals surface area contributed by atoms with E-state index in [-0.39, 0.29) is 25.9 Å². The third kappa shape index (κ3) is 2.76. The molecular formula is C15H16ClF3N2O2. The molecule has 0 heterocycles. The summed E-state index contributed by atoms with van der Waals surface area (Å²) in [5.41, 5.74) is -1.74. The summed E-state index contributed by atoms with van der Waals surface area (Å²) in [6, 6.07) is 5.42. The van der Waals surface area contributed by atoms with Gasteiger partial charge >= 0.3 is 12.2 Å². The summed E-state index contributed by atoms with van der Waals surface area (Å²) in [4.78, 5) is 12.0. The van der Waals surface area contributed by atoms with Crippen LogP contribution in [0.25, 0.3) is 0 Å². The third-order valence-electron chi connectivity index (χ3n) is 4.75. The zero-order chi connectivity index (χ0) is 16.9. The molecular weight excluding hydrogens is 333 g/mol. The van der Waals surface area contributed by atoms with Crippen LogP contribution in [0.2, 0.25) is 5.02 Å². The molecule has 0 saturated heterocycles. The lowest BCUT2D eigenvalue weighted by atomic mass is 9.39. The molecule has 3 aliphatic carbocycles. The SMILES string of the molecule is O=C(NC(CO)c1cccc(Cl)c1)NC12CC(C(F)(F)F)(C1)C2. The van der Waals surface area contributed by atoms with Crippen LogP contribution in [0.3, 0.4) is 0 Å². The van der Waals surface area contributed by atoms with Gasteiger partial charge in [0.25, 0.3) is 0 Å². The van der Waals surface area contributed by atoms with E-state index in [1.807, 2.05) is 0 Å². The van der Waals surface area contributed by atoms with Gasteiger partial charge in [0.1, 0.15) is 0 Å². The normalized spacial score (nSPS) is 30.0. The van der Waals surface area contributed by atoms with E-state index < -0.39 is 29.2 Å². The van der Waals surface area contributed by atoms with Crippen molar-refractivity contribution in [2.24, 2.45) is 5.41 Å². The van der Waals surface area contributed by atoms with Crippen LogP contribution in [0.4, 0.5) is 18.0 Å². The molecule has 4 rings (SSSR count). The fourth-order valence-corrected chi connectivity index (χ4v) is 3.81. The third-order valence-corrected chi connectivity index (χ3v) is 4.98. The van der Waals surface area contributed by atoms with Gasteiger partial charge in [-0.2, -0.15) is 13.2 Å². The lowest BCUT2D eigenvalue weighted by Crippen LogP contribution is -2.79. The number of aliphatic hydroxyl groups is 1. The van der Waals surface area contributed by atoms with Crippen LogP contribution in [0.15, 0.2) is 24.3 Å². The zero-order valence-corrected chi connectivity index (χ0v) is 12.8. The Hall–Kier alpha value is -1.47. The monoisotopic (exact) mass is 348 g/mol. The fraction of sp³-hybridized carbons (Fsp3) is 0.533. The molecule has 1 unspecified atom stereocenters. The Labute approximate surface area is 136 Å². The van der Waals surface area contributed by atoms with Crippen molar-refractivity contribution in [3.05, 3.63) is 34.9 Å². The van der Waals surface area contributed by atoms with Gasteiger partial charge in [0.15, 0.2) is 0 Å². The number of benzene rings is 1. The smallest absolute Gasteiger partial charge is 0.394 e. The summed E-state index contributed by atoms with van der Waals surface area (Å²) in [5.74, 6) is 0. The highest BCUT2D eigenvalue weighted by Gasteiger charge is 2.79. The van der Waals surface area contributed by atoms with E-state index in [2.05, 4.69) is 10.6 Å². The number of halogens is 4. The molecule has 0 aliphatic heterocycles. The number of amides is 2. The molecule has 0 spiro atoms. The number of aliphatic hydroxyl groups excluding tert-OH is 1. The summed E-state index contributed by atoms with van der Waals surface area (Å²) in [6.45, 7) is -0.340. The maximum Gasteiger partial charge on any atom is 0.394 e. The molecule has 3 fully saturated rings. The first-order valence-corrected chi connectivity index (χ1v) is 7.58. The number of alkyl halides is 3. The first-order chi connectivity index (χ1) is 10.7. The molecule has 23 heavy (non-hydrogen) atoms. The molecule has 3 N–H and O–H groups in total. The fourth-order valence-electron chi connectivity index (χ4n) is 3.61. The van der Waals surface area contributed by atoms with E-state index in [1.54, 1.807) is 24.3 Å². The molecule has 1 aromatic carbocycles. The van der Waals surface area contributed by atoms with Crippen molar-refractivity contribution in [3.8, 4) is 0 Å². The molecule has 2 amide bonds. The van der Waals surface area contributed by atoms with Gasteiger partial charge in [-0.15, -0.1) is 0 Å². The number of rotatable bonds is 4. The Bertz CT molecular complexity index is 616. The van der Waals surface area contributed by atoms with Crippen LogP contribution in [0, 0.1) is 5.41 Å². The van der Waals surface area contributed by atoms with E-state index in [4.69, 9.17) is 11.6 Å². The van der Waals surface area contributed by atoms with Crippen LogP contribution in [0.1, 0.15) is 30.9 Å². The minimum Gasteiger partial charge on any atom is -0.394 e. The van der Waals surface area contributed by atoms with Crippen LogP contribution >= 0.6 is 11.6 Å². The van der Waals surface area contributed by atoms with E-state index in [0.717, 1.165) is 0 Å². The molecule has 126 valence electrons. The summed E-state index contributed by atoms with van der Waals surface area (Å²) in [6.07, 6.45) is -4.42. The Morgan fingerprint density at radius 2 is 2.00 bits per heavy atom. The topological polar surface area (TPSA) is 61.4 Å². The van der Waals surface area contributed by atoms with Crippen LogP contribution in [0.5, 0.6) is 0 Å². The molecule has 1 atom stereocenters. The standard InChI is InChI=1S/C15H16ClF3N2O2/c16-10-3-1-2-9(4-10)11(5-22)20-12(23)21-14-6-13(7-14,8-14)15(17,18)19/h1-4,11,22H,5-8H2,(H2,20,21,23). The van der Waals surface area contributed by atoms with Gasteiger partial charge in [0.05, 0.1) is 18.1 Å². The number of nitrogens with one attached hydrogen (secondary N) is 2. The summed E-state index contributed by atoms with van der Waals surface area (Å²) in [7, 11) is 0. The van der Waals surface area contributed by atoms with Crippen molar-refractivity contribution in [3.63, 3.8) is 0 Å². The minimum atomic E-state index is -4.21. The average molecular weight is 349 g/mol. The van der Waals surface area contributed by atoms with Gasteiger partial charge in [-0.05, 0) is 37.0 Å². The Morgan fingerprint density at radius 3 is 2.52 bits per heavy atom. The zero-order valence-electron chi connectivity index (χ0n) is 12.1. The van der Waals surface area contributed by atoms with Crippen molar-refractivity contribution in [2.75, 3.05) is 6.61 Å². The number of hydrogen-bond acceptors (Lipinski definition) is 2. The second-order valence-electron chi connectivity index (χ2n) is 6.48. The molecule has 2 bridgehead atoms. The minimum absolute atomic E-state index is 0.0716. The van der Waals surface area contributed by atoms with E-state index in [1.165, 1.54) is 0 Å². The first-order valence-electron chi connectivity index (χ1n) is 7.20. The van der Waals surface area contributed by atoms with Crippen molar-refractivity contribution in [1.82, 2.24) is 10.6 Å². The first kappa shape index (κ1) is 16.4. The number of carbonyl (C=O) groups excluding carboxylic acids is 1. The van der Waals surface area contributed by atoms with Gasteiger partial charge in [-0.3, -0.25) is 0 Å². The predicted octanol–water partition coefficient (Wildman–Crippen LogP) is 3.16. The second kappa shape index (κ2) is 5.27. The largest absolute Gasteiger partial charge is 0.394 e. The van der Waals surface area contributed by atoms with Crippen molar-refractivity contribution in [1.29, 1.82) is 0 Å². The maximum atomic E-state index is 12.8. The highest BCUT2D eigenvalue weighted by Crippen LogP contribution is 2.73. The Kier molecular flexibility index (Phi) is 3.76. The van der Waals surface area contributed by atoms with Gasteiger partial charge in [-0.25, -0.2) is 4.79 Å². The summed E-state index contributed by atoms with van der Waals surface area (Å²) < 4.78 is 38.3. The maximum absolute atomic E-state index is 12.8. The summed E-state index contributed by atoms with van der Waals surface area (Å²) in [5, 5.41) is 15.1. The number of urea groups is 1. The Morgan fingerprint density at radius 1 is 1.35 bits per heavy atom. The highest BCUT2D eigenvalue weighted by atomic mass is 35.5. The number of carbonyl (C=O) groups is 1. The van der Waals surface area contributed by atoms with Crippen LogP contribution in [-0.4, -0.2) is 29.5 Å². The molecule has 8 heteroatoms. The van der Waals surface area contributed by atoms with Crippen molar-refractivity contribution >= 4 is 17.6 Å². The van der Waals surface area contributed by atoms with Gasteiger partial charge in [-0.1, -0.05) is 23.7 Å². The lowest BCUT2D eigenvalue weighted by molar-refractivity contribution is -0.336. The van der Waals surface area contributed by atoms with E-state index in [9.17, 15) is 23.1 Å². The molecule has 0 aromatic heterocycles. The van der Waals surface area contributed by atoms with E-state index >= 15 is 0 Å². The molecule has 3 saturated carbocycles. The average Bonchev–Trinajstić information content (AvgIpc) is 2.37. The van der Waals surface area contributed by atoms with Crippen molar-refractivity contribution < 1.29 is 23.1 Å². The molecule has 3 aliphatic rings. The molecule has 4 nitrogen and oxygen atoms in total. The molecule has 0 radical (unpaired) electrons. The van der Waals surface area contributed by atoms with Gasteiger partial charge in [0, 0.05) is 10.6 Å². The van der Waals surface area contributed by atoms with E-state index in [0.29, 0.717) is 10.6 Å². The number of hydrogen-bond donors (Lipinski definition) is 3. The quantitative estimate of drug-likeness (QED) is 0.782. The molecule has 1 aromatic rings. The van der Waals surface area contributed by atoms with Gasteiger partial charge < -0.3 is 15.7 Å². The van der Waals surface area contributed by atoms with Crippen LogP contribution < -0.4 is 10.6 Å². The second-order valence-corrected chi connectivity index (χ2v) is 6.91. The van der Waals surface area contributed by atoms with Gasteiger partial charge in [0.2, 0.25) is 0 Å². The lowest BCUT2D eigenvalue weighted by Gasteiger charge is -2.70. The highest BCUT2D eigenvalue weighted by molar-refractivity contribution is 6.30. The van der Waals surface area contributed by atoms with Crippen molar-refractivity contribution in [2.45, 2.75) is 37.0 Å². The Balaban J connectivity index is 1.56. The summed E-state index contributed by atoms with van der Waals surface area (Å²) >= 11 is 5.87. The van der Waals surface area contributed by atoms with Crippen LogP contribution in [-0.2, 0) is 0 Å².